The highest BCUT2D eigenvalue weighted by Gasteiger charge is 2.69. The maximum Gasteiger partial charge on any atom is 0.186 e. The average molecular weight is 597 g/mol. The van der Waals surface area contributed by atoms with Crippen LogP contribution in [0, 0.1) is 34.5 Å². The molecule has 0 amide bonds. The molecule has 1 aliphatic heterocycles. The van der Waals surface area contributed by atoms with E-state index in [2.05, 4.69) is 13.8 Å². The fraction of sp³-hybridized carbons (Fsp3) is 0.906. The number of hydrogen-bond donors (Lipinski definition) is 7. The normalized spacial score (nSPS) is 49.5. The second kappa shape index (κ2) is 11.1. The molecule has 14 unspecified atom stereocenters. The number of ether oxygens (including phenoxy) is 2. The minimum absolute atomic E-state index is 0.144. The molecule has 5 rings (SSSR count). The van der Waals surface area contributed by atoms with Crippen LogP contribution < -0.4 is 0 Å². The summed E-state index contributed by atoms with van der Waals surface area (Å²) in [6.45, 7) is 9.62. The third-order valence-electron chi connectivity index (χ3n) is 12.3. The number of aliphatic hydroxyl groups excluding tert-OH is 5. The largest absolute Gasteiger partial charge is 0.390 e. The van der Waals surface area contributed by atoms with E-state index in [1.807, 2.05) is 13.8 Å². The standard InChI is InChI=1S/C32H52O10/c1-16(2)6-7-25(36)31(5,39)24-9-11-32(40)18-12-20(33)19-13-23(42-28-27(38)26(37)22(35)15-41-28)21(34)14-29(19,3)17(18)8-10-30(24,32)4/h12,16-17,19,21-28,34-40H,6-11,13-15H2,1-5H3. The molecule has 14 atom stereocenters. The van der Waals surface area contributed by atoms with Crippen LogP contribution in [0.15, 0.2) is 11.6 Å². The van der Waals surface area contributed by atoms with Gasteiger partial charge in [-0.25, -0.2) is 0 Å². The molecule has 240 valence electrons. The topological polar surface area (TPSA) is 177 Å². The van der Waals surface area contributed by atoms with Crippen LogP contribution in [-0.4, -0.2) is 102 Å². The molecule has 0 spiro atoms. The molecule has 10 heteroatoms. The number of rotatable bonds is 7. The maximum atomic E-state index is 13.8. The molecule has 0 aromatic rings. The summed E-state index contributed by atoms with van der Waals surface area (Å²) in [6, 6.07) is 0. The van der Waals surface area contributed by atoms with Gasteiger partial charge >= 0.3 is 0 Å². The Bertz CT molecular complexity index is 1060. The third-order valence-corrected chi connectivity index (χ3v) is 12.3. The van der Waals surface area contributed by atoms with Gasteiger partial charge in [0.05, 0.1) is 36.1 Å². The first-order valence-electron chi connectivity index (χ1n) is 15.9. The molecule has 1 saturated heterocycles. The predicted molar refractivity (Wildman–Crippen MR) is 152 cm³/mol. The summed E-state index contributed by atoms with van der Waals surface area (Å²) in [7, 11) is 0. The van der Waals surface area contributed by atoms with Crippen molar-refractivity contribution in [1.29, 1.82) is 0 Å². The molecule has 42 heavy (non-hydrogen) atoms. The Morgan fingerprint density at radius 2 is 1.74 bits per heavy atom. The van der Waals surface area contributed by atoms with Crippen LogP contribution in [0.3, 0.4) is 0 Å². The van der Waals surface area contributed by atoms with Crippen molar-refractivity contribution in [3.63, 3.8) is 0 Å². The smallest absolute Gasteiger partial charge is 0.186 e. The van der Waals surface area contributed by atoms with Gasteiger partial charge in [0.25, 0.3) is 0 Å². The molecular formula is C32H52O10. The molecule has 0 bridgehead atoms. The van der Waals surface area contributed by atoms with Crippen LogP contribution in [0.1, 0.15) is 86.0 Å². The Kier molecular flexibility index (Phi) is 8.60. The summed E-state index contributed by atoms with van der Waals surface area (Å²) >= 11 is 0. The van der Waals surface area contributed by atoms with E-state index in [9.17, 15) is 40.5 Å². The number of aliphatic hydroxyl groups is 7. The number of carbonyl (C=O) groups is 1. The number of carbonyl (C=O) groups excluding carboxylic acids is 1. The van der Waals surface area contributed by atoms with Crippen LogP contribution in [0.5, 0.6) is 0 Å². The number of fused-ring (bicyclic) bond motifs is 5. The van der Waals surface area contributed by atoms with Gasteiger partial charge in [-0.3, -0.25) is 4.79 Å². The quantitative estimate of drug-likeness (QED) is 0.226. The number of hydrogen-bond acceptors (Lipinski definition) is 10. The predicted octanol–water partition coefficient (Wildman–Crippen LogP) is 1.20. The molecule has 4 fully saturated rings. The first kappa shape index (κ1) is 32.4. The fourth-order valence-electron chi connectivity index (χ4n) is 9.53. The summed E-state index contributed by atoms with van der Waals surface area (Å²) in [5, 5.41) is 76.6. The molecule has 1 heterocycles. The van der Waals surface area contributed by atoms with Crippen LogP contribution in [0.4, 0.5) is 0 Å². The van der Waals surface area contributed by atoms with Gasteiger partial charge in [-0.15, -0.1) is 0 Å². The molecule has 10 nitrogen and oxygen atoms in total. The zero-order valence-corrected chi connectivity index (χ0v) is 25.6. The van der Waals surface area contributed by atoms with Crippen LogP contribution in [0.2, 0.25) is 0 Å². The zero-order chi connectivity index (χ0) is 31.0. The van der Waals surface area contributed by atoms with E-state index < -0.39 is 70.9 Å². The number of allylic oxidation sites excluding steroid dienone is 1. The van der Waals surface area contributed by atoms with E-state index in [1.54, 1.807) is 13.0 Å². The van der Waals surface area contributed by atoms with E-state index >= 15 is 0 Å². The fourth-order valence-corrected chi connectivity index (χ4v) is 9.53. The Balaban J connectivity index is 1.38. The van der Waals surface area contributed by atoms with Crippen molar-refractivity contribution in [2.75, 3.05) is 6.61 Å². The molecular weight excluding hydrogens is 544 g/mol. The monoisotopic (exact) mass is 596 g/mol. The second-order valence-corrected chi connectivity index (χ2v) is 15.2. The van der Waals surface area contributed by atoms with E-state index in [1.165, 1.54) is 0 Å². The van der Waals surface area contributed by atoms with Crippen molar-refractivity contribution in [2.45, 2.75) is 140 Å². The molecule has 7 N–H and O–H groups in total. The van der Waals surface area contributed by atoms with Crippen molar-refractivity contribution in [2.24, 2.45) is 34.5 Å². The minimum Gasteiger partial charge on any atom is -0.390 e. The Morgan fingerprint density at radius 3 is 2.40 bits per heavy atom. The van der Waals surface area contributed by atoms with Gasteiger partial charge in [0.15, 0.2) is 12.1 Å². The van der Waals surface area contributed by atoms with Crippen molar-refractivity contribution >= 4 is 5.78 Å². The summed E-state index contributed by atoms with van der Waals surface area (Å²) < 4.78 is 11.3. The number of ketones is 1. The van der Waals surface area contributed by atoms with Gasteiger partial charge in [-0.2, -0.15) is 0 Å². The Hall–Kier alpha value is -0.950. The summed E-state index contributed by atoms with van der Waals surface area (Å²) in [4.78, 5) is 13.8. The van der Waals surface area contributed by atoms with Crippen molar-refractivity contribution in [3.8, 4) is 0 Å². The van der Waals surface area contributed by atoms with E-state index in [0.29, 0.717) is 43.6 Å². The van der Waals surface area contributed by atoms with Crippen LogP contribution in [-0.2, 0) is 14.3 Å². The molecule has 4 aliphatic carbocycles. The molecule has 5 aliphatic rings. The van der Waals surface area contributed by atoms with Crippen molar-refractivity contribution < 1.29 is 50.0 Å². The Morgan fingerprint density at radius 1 is 1.05 bits per heavy atom. The first-order valence-corrected chi connectivity index (χ1v) is 15.9. The van der Waals surface area contributed by atoms with E-state index in [0.717, 1.165) is 6.42 Å². The summed E-state index contributed by atoms with van der Waals surface area (Å²) in [6.07, 6.45) is -2.66. The zero-order valence-electron chi connectivity index (χ0n) is 25.6. The lowest BCUT2D eigenvalue weighted by molar-refractivity contribution is -0.297. The van der Waals surface area contributed by atoms with Gasteiger partial charge in [0, 0.05) is 11.3 Å². The van der Waals surface area contributed by atoms with Gasteiger partial charge in [-0.05, 0) is 93.1 Å². The SMILES string of the molecule is CC(C)CCC(O)C(C)(O)C1CCC2(O)C3=CC(=O)C4CC(OC5OCC(O)C(O)C5O)C(O)CC4(C)C3CCC12C. The van der Waals surface area contributed by atoms with Gasteiger partial charge < -0.3 is 45.2 Å². The lowest BCUT2D eigenvalue weighted by atomic mass is 9.45. The highest BCUT2D eigenvalue weighted by atomic mass is 16.7. The molecule has 0 aromatic carbocycles. The van der Waals surface area contributed by atoms with Gasteiger partial charge in [0.1, 0.15) is 18.3 Å². The highest BCUT2D eigenvalue weighted by Crippen LogP contribution is 2.68. The van der Waals surface area contributed by atoms with Gasteiger partial charge in [-0.1, -0.05) is 27.7 Å². The van der Waals surface area contributed by atoms with Crippen LogP contribution >= 0.6 is 0 Å². The highest BCUT2D eigenvalue weighted by molar-refractivity contribution is 5.95. The molecule has 0 radical (unpaired) electrons. The van der Waals surface area contributed by atoms with E-state index in [4.69, 9.17) is 9.47 Å². The molecule has 0 aromatic heterocycles. The van der Waals surface area contributed by atoms with Crippen molar-refractivity contribution in [1.82, 2.24) is 0 Å². The Labute approximate surface area is 248 Å². The van der Waals surface area contributed by atoms with Crippen molar-refractivity contribution in [3.05, 3.63) is 11.6 Å². The lowest BCUT2D eigenvalue weighted by Crippen LogP contribution is -2.63. The third kappa shape index (κ3) is 4.93. The average Bonchev–Trinajstić information content (AvgIpc) is 3.20. The van der Waals surface area contributed by atoms with E-state index in [-0.39, 0.29) is 37.1 Å². The second-order valence-electron chi connectivity index (χ2n) is 15.2. The maximum absolute atomic E-state index is 13.8. The van der Waals surface area contributed by atoms with Crippen LogP contribution in [0.25, 0.3) is 0 Å². The minimum atomic E-state index is -1.50. The first-order chi connectivity index (χ1) is 19.5. The van der Waals surface area contributed by atoms with Gasteiger partial charge in [0.2, 0.25) is 0 Å². The summed E-state index contributed by atoms with van der Waals surface area (Å²) in [5.41, 5.74) is -3.41. The summed E-state index contributed by atoms with van der Waals surface area (Å²) in [5.74, 6) is -0.747. The lowest BCUT2D eigenvalue weighted by Gasteiger charge is -2.61. The molecule has 3 saturated carbocycles.